The number of rotatable bonds is 2. The molecule has 0 saturated heterocycles. The lowest BCUT2D eigenvalue weighted by Gasteiger charge is -1.99. The van der Waals surface area contributed by atoms with E-state index in [0.717, 1.165) is 0 Å². The summed E-state index contributed by atoms with van der Waals surface area (Å²) in [5.74, 6) is -0.0701. The molecule has 1 aromatic heterocycles. The molecule has 0 unspecified atom stereocenters. The Morgan fingerprint density at radius 2 is 2.14 bits per heavy atom. The summed E-state index contributed by atoms with van der Waals surface area (Å²) < 4.78 is 13.2. The normalized spacial score (nSPS) is 11.6. The molecule has 0 aliphatic rings. The van der Waals surface area contributed by atoms with Crippen LogP contribution in [0.4, 0.5) is 4.39 Å². The molecule has 6 heteroatoms. The van der Waals surface area contributed by atoms with Crippen molar-refractivity contribution in [3.63, 3.8) is 0 Å². The van der Waals surface area contributed by atoms with Crippen LogP contribution < -0.4 is 0 Å². The van der Waals surface area contributed by atoms with E-state index < -0.39 is 0 Å². The molecule has 108 valence electrons. The minimum atomic E-state index is -0.379. The maximum Gasteiger partial charge on any atom is 0.149 e. The van der Waals surface area contributed by atoms with Gasteiger partial charge in [0.25, 0.3) is 0 Å². The Balaban J connectivity index is 2.07. The number of hydrogen-bond donors (Lipinski definition) is 2. The molecular weight excluding hydrogens is 305 g/mol. The predicted molar refractivity (Wildman–Crippen MR) is 82.7 cm³/mol. The number of H-pyrrole nitrogens is 1. The first kappa shape index (κ1) is 14.1. The van der Waals surface area contributed by atoms with Gasteiger partial charge >= 0.3 is 0 Å². The minimum Gasteiger partial charge on any atom is -0.506 e. The van der Waals surface area contributed by atoms with E-state index in [1.807, 2.05) is 6.07 Å². The number of nitrogens with one attached hydrogen (secondary N) is 1. The van der Waals surface area contributed by atoms with Gasteiger partial charge in [0.1, 0.15) is 23.5 Å². The smallest absolute Gasteiger partial charge is 0.149 e. The zero-order valence-corrected chi connectivity index (χ0v) is 11.9. The molecule has 0 spiro atoms. The quantitative estimate of drug-likeness (QED) is 0.699. The SMILES string of the molecule is N#C/C(=C/c1ccc(O)c(Cl)c1)c1nc2ccc(F)cc2[nH]1. The molecule has 0 aliphatic heterocycles. The molecule has 3 aromatic rings. The van der Waals surface area contributed by atoms with Gasteiger partial charge in [0.2, 0.25) is 0 Å². The summed E-state index contributed by atoms with van der Waals surface area (Å²) in [6.45, 7) is 0. The molecular formula is C16H9ClFN3O. The number of imidazole rings is 1. The topological polar surface area (TPSA) is 72.7 Å². The van der Waals surface area contributed by atoms with Crippen molar-refractivity contribution in [1.82, 2.24) is 9.97 Å². The number of allylic oxidation sites excluding steroid dienone is 1. The Morgan fingerprint density at radius 1 is 1.32 bits per heavy atom. The van der Waals surface area contributed by atoms with Gasteiger partial charge in [-0.2, -0.15) is 5.26 Å². The Hall–Kier alpha value is -2.84. The van der Waals surface area contributed by atoms with Crippen LogP contribution in [0.5, 0.6) is 5.75 Å². The van der Waals surface area contributed by atoms with Crippen molar-refractivity contribution in [3.05, 3.63) is 58.6 Å². The van der Waals surface area contributed by atoms with Crippen LogP contribution in [0.15, 0.2) is 36.4 Å². The molecule has 3 rings (SSSR count). The van der Waals surface area contributed by atoms with E-state index >= 15 is 0 Å². The fourth-order valence-electron chi connectivity index (χ4n) is 2.04. The van der Waals surface area contributed by atoms with Crippen molar-refractivity contribution in [2.75, 3.05) is 0 Å². The van der Waals surface area contributed by atoms with Crippen molar-refractivity contribution >= 4 is 34.3 Å². The highest BCUT2D eigenvalue weighted by molar-refractivity contribution is 6.32. The Bertz CT molecular complexity index is 940. The average Bonchev–Trinajstić information content (AvgIpc) is 2.91. The van der Waals surface area contributed by atoms with Crippen LogP contribution in [0.1, 0.15) is 11.4 Å². The molecule has 0 saturated carbocycles. The number of nitriles is 1. The lowest BCUT2D eigenvalue weighted by Crippen LogP contribution is -1.85. The lowest BCUT2D eigenvalue weighted by molar-refractivity contribution is 0.475. The van der Waals surface area contributed by atoms with Gasteiger partial charge in [-0.3, -0.25) is 0 Å². The van der Waals surface area contributed by atoms with Crippen molar-refractivity contribution in [2.24, 2.45) is 0 Å². The fraction of sp³-hybridized carbons (Fsp3) is 0. The fourth-order valence-corrected chi connectivity index (χ4v) is 2.23. The largest absolute Gasteiger partial charge is 0.506 e. The second-order valence-electron chi connectivity index (χ2n) is 4.63. The molecule has 0 fully saturated rings. The minimum absolute atomic E-state index is 0.0310. The first-order chi connectivity index (χ1) is 10.6. The third kappa shape index (κ3) is 2.65. The lowest BCUT2D eigenvalue weighted by atomic mass is 10.1. The zero-order valence-electron chi connectivity index (χ0n) is 11.1. The molecule has 0 aliphatic carbocycles. The van der Waals surface area contributed by atoms with E-state index in [-0.39, 0.29) is 22.2 Å². The van der Waals surface area contributed by atoms with Gasteiger partial charge in [-0.1, -0.05) is 17.7 Å². The number of aromatic hydroxyl groups is 1. The Labute approximate surface area is 130 Å². The van der Waals surface area contributed by atoms with E-state index in [9.17, 15) is 14.8 Å². The van der Waals surface area contributed by atoms with Gasteiger partial charge in [0.15, 0.2) is 0 Å². The summed E-state index contributed by atoms with van der Waals surface area (Å²) in [6.07, 6.45) is 1.58. The standard InChI is InChI=1S/C16H9ClFN3O/c17-12-6-9(1-4-15(12)22)5-10(8-19)16-20-13-3-2-11(18)7-14(13)21-16/h1-7,22H,(H,20,21)/b10-5-. The van der Waals surface area contributed by atoms with Gasteiger partial charge in [0, 0.05) is 0 Å². The number of benzene rings is 2. The van der Waals surface area contributed by atoms with Crippen molar-refractivity contribution in [2.45, 2.75) is 0 Å². The summed E-state index contributed by atoms with van der Waals surface area (Å²) in [5.41, 5.74) is 2.01. The number of nitrogens with zero attached hydrogens (tertiary/aromatic N) is 2. The highest BCUT2D eigenvalue weighted by atomic mass is 35.5. The van der Waals surface area contributed by atoms with Crippen LogP contribution in [0, 0.1) is 17.1 Å². The average molecular weight is 314 g/mol. The van der Waals surface area contributed by atoms with E-state index in [0.29, 0.717) is 22.4 Å². The molecule has 4 nitrogen and oxygen atoms in total. The molecule has 1 heterocycles. The monoisotopic (exact) mass is 313 g/mol. The molecule has 2 N–H and O–H groups in total. The first-order valence-electron chi connectivity index (χ1n) is 6.33. The second kappa shape index (κ2) is 5.51. The van der Waals surface area contributed by atoms with Crippen molar-refractivity contribution in [3.8, 4) is 11.8 Å². The highest BCUT2D eigenvalue weighted by Gasteiger charge is 2.09. The van der Waals surface area contributed by atoms with E-state index in [1.165, 1.54) is 30.3 Å². The van der Waals surface area contributed by atoms with Crippen LogP contribution in [0.2, 0.25) is 5.02 Å². The summed E-state index contributed by atoms with van der Waals surface area (Å²) in [5, 5.41) is 18.9. The van der Waals surface area contributed by atoms with Crippen LogP contribution in [0.25, 0.3) is 22.7 Å². The highest BCUT2D eigenvalue weighted by Crippen LogP contribution is 2.26. The van der Waals surface area contributed by atoms with Crippen LogP contribution >= 0.6 is 11.6 Å². The van der Waals surface area contributed by atoms with Crippen LogP contribution in [-0.2, 0) is 0 Å². The maximum absolute atomic E-state index is 13.2. The number of halogens is 2. The van der Waals surface area contributed by atoms with Crippen LogP contribution in [0.3, 0.4) is 0 Å². The number of aromatic amines is 1. The van der Waals surface area contributed by atoms with E-state index in [2.05, 4.69) is 9.97 Å². The predicted octanol–water partition coefficient (Wildman–Crippen LogP) is 4.13. The van der Waals surface area contributed by atoms with Gasteiger partial charge in [-0.05, 0) is 42.0 Å². The number of fused-ring (bicyclic) bond motifs is 1. The summed E-state index contributed by atoms with van der Waals surface area (Å²) in [7, 11) is 0. The van der Waals surface area contributed by atoms with Gasteiger partial charge in [-0.25, -0.2) is 9.37 Å². The number of hydrogen-bond acceptors (Lipinski definition) is 3. The molecule has 0 radical (unpaired) electrons. The summed E-state index contributed by atoms with van der Waals surface area (Å²) in [6, 6.07) is 10.8. The molecule has 0 atom stereocenters. The maximum atomic E-state index is 13.2. The third-order valence-corrected chi connectivity index (χ3v) is 3.40. The molecule has 22 heavy (non-hydrogen) atoms. The van der Waals surface area contributed by atoms with E-state index in [1.54, 1.807) is 12.1 Å². The van der Waals surface area contributed by atoms with Gasteiger partial charge < -0.3 is 10.1 Å². The Morgan fingerprint density at radius 3 is 2.86 bits per heavy atom. The van der Waals surface area contributed by atoms with E-state index in [4.69, 9.17) is 11.6 Å². The van der Waals surface area contributed by atoms with Gasteiger partial charge in [-0.15, -0.1) is 0 Å². The van der Waals surface area contributed by atoms with Crippen molar-refractivity contribution in [1.29, 1.82) is 5.26 Å². The number of aromatic nitrogens is 2. The summed E-state index contributed by atoms with van der Waals surface area (Å²) in [4.78, 5) is 7.18. The number of phenolic OH excluding ortho intramolecular Hbond substituents is 1. The zero-order chi connectivity index (χ0) is 15.7. The van der Waals surface area contributed by atoms with Gasteiger partial charge in [0.05, 0.1) is 21.6 Å². The first-order valence-corrected chi connectivity index (χ1v) is 6.70. The molecule has 2 aromatic carbocycles. The van der Waals surface area contributed by atoms with Crippen LogP contribution in [-0.4, -0.2) is 15.1 Å². The molecule has 0 bridgehead atoms. The number of phenols is 1. The Kier molecular flexibility index (Phi) is 3.53. The third-order valence-electron chi connectivity index (χ3n) is 3.10. The summed E-state index contributed by atoms with van der Waals surface area (Å²) >= 11 is 5.84. The second-order valence-corrected chi connectivity index (χ2v) is 5.03. The molecule has 0 amide bonds. The van der Waals surface area contributed by atoms with Crippen molar-refractivity contribution < 1.29 is 9.50 Å².